The quantitative estimate of drug-likeness (QED) is 0.897. The van der Waals surface area contributed by atoms with Gasteiger partial charge in [-0.2, -0.15) is 5.10 Å². The maximum atomic E-state index is 14.0. The predicted octanol–water partition coefficient (Wildman–Crippen LogP) is 2.63. The molecule has 132 valence electrons. The summed E-state index contributed by atoms with van der Waals surface area (Å²) in [6.45, 7) is 0.556. The number of H-pyrrole nitrogens is 1. The number of aromatic amines is 1. The van der Waals surface area contributed by atoms with Crippen LogP contribution in [0.1, 0.15) is 53.3 Å². The van der Waals surface area contributed by atoms with E-state index >= 15 is 0 Å². The van der Waals surface area contributed by atoms with Crippen LogP contribution in [0.3, 0.4) is 0 Å². The van der Waals surface area contributed by atoms with Crippen LogP contribution in [0, 0.1) is 5.82 Å². The Labute approximate surface area is 145 Å². The number of aromatic nitrogens is 2. The number of hydrogen-bond acceptors (Lipinski definition) is 3. The molecule has 2 aliphatic rings. The molecule has 4 rings (SSSR count). The highest BCUT2D eigenvalue weighted by molar-refractivity contribution is 5.92. The Morgan fingerprint density at radius 2 is 2.12 bits per heavy atom. The van der Waals surface area contributed by atoms with Gasteiger partial charge in [0.2, 0.25) is 0 Å². The van der Waals surface area contributed by atoms with Gasteiger partial charge in [-0.1, -0.05) is 18.2 Å². The number of piperidine rings is 1. The number of carbonyl (C=O) groups excluding carboxylic acids is 1. The highest BCUT2D eigenvalue weighted by atomic mass is 19.1. The molecule has 2 fully saturated rings. The summed E-state index contributed by atoms with van der Waals surface area (Å²) in [6, 6.07) is 7.92. The van der Waals surface area contributed by atoms with Crippen molar-refractivity contribution >= 4 is 5.91 Å². The van der Waals surface area contributed by atoms with E-state index in [-0.39, 0.29) is 11.7 Å². The van der Waals surface area contributed by atoms with E-state index in [2.05, 4.69) is 10.2 Å². The summed E-state index contributed by atoms with van der Waals surface area (Å²) in [5.74, 6) is 0.00177. The van der Waals surface area contributed by atoms with Gasteiger partial charge >= 0.3 is 0 Å². The Bertz CT molecular complexity index is 772. The number of likely N-dealkylation sites (tertiary alicyclic amines) is 1. The number of aliphatic hydroxyl groups excluding tert-OH is 1. The minimum Gasteiger partial charge on any atom is -0.391 e. The van der Waals surface area contributed by atoms with Gasteiger partial charge in [0, 0.05) is 18.2 Å². The van der Waals surface area contributed by atoms with Crippen LogP contribution in [0.2, 0.25) is 0 Å². The van der Waals surface area contributed by atoms with Gasteiger partial charge < -0.3 is 10.0 Å². The molecule has 5 nitrogen and oxygen atoms in total. The number of hydrogen-bond donors (Lipinski definition) is 2. The van der Waals surface area contributed by atoms with Crippen LogP contribution in [0.15, 0.2) is 30.3 Å². The molecular formula is C19H22FN3O2. The van der Waals surface area contributed by atoms with Crippen molar-refractivity contribution in [2.24, 2.45) is 0 Å². The van der Waals surface area contributed by atoms with Crippen molar-refractivity contribution in [3.8, 4) is 0 Å². The molecule has 1 aromatic heterocycles. The fraction of sp³-hybridized carbons (Fsp3) is 0.474. The van der Waals surface area contributed by atoms with Gasteiger partial charge in [0.15, 0.2) is 0 Å². The maximum absolute atomic E-state index is 14.0. The van der Waals surface area contributed by atoms with Gasteiger partial charge in [-0.05, 0) is 49.8 Å². The van der Waals surface area contributed by atoms with Crippen molar-refractivity contribution in [3.05, 3.63) is 53.1 Å². The van der Waals surface area contributed by atoms with Crippen LogP contribution in [0.5, 0.6) is 0 Å². The van der Waals surface area contributed by atoms with Crippen LogP contribution in [0.4, 0.5) is 4.39 Å². The zero-order valence-electron chi connectivity index (χ0n) is 14.0. The van der Waals surface area contributed by atoms with Crippen molar-refractivity contribution in [3.63, 3.8) is 0 Å². The van der Waals surface area contributed by atoms with Crippen molar-refractivity contribution in [2.45, 2.75) is 50.2 Å². The molecule has 0 spiro atoms. The fourth-order valence-electron chi connectivity index (χ4n) is 3.62. The number of nitrogens with zero attached hydrogens (tertiary/aromatic N) is 2. The lowest BCUT2D eigenvalue weighted by Crippen LogP contribution is -2.52. The van der Waals surface area contributed by atoms with E-state index in [0.29, 0.717) is 36.6 Å². The van der Waals surface area contributed by atoms with Crippen molar-refractivity contribution in [1.82, 2.24) is 15.1 Å². The molecule has 2 aromatic rings. The molecule has 2 heterocycles. The van der Waals surface area contributed by atoms with Crippen molar-refractivity contribution in [1.29, 1.82) is 0 Å². The summed E-state index contributed by atoms with van der Waals surface area (Å²) in [6.07, 6.45) is 3.28. The number of benzene rings is 1. The number of halogens is 1. The van der Waals surface area contributed by atoms with Crippen LogP contribution in [0.25, 0.3) is 0 Å². The van der Waals surface area contributed by atoms with E-state index in [1.165, 1.54) is 6.07 Å². The molecule has 1 saturated heterocycles. The minimum atomic E-state index is -0.654. The summed E-state index contributed by atoms with van der Waals surface area (Å²) in [7, 11) is 0. The number of aliphatic hydroxyl groups is 1. The Morgan fingerprint density at radius 1 is 1.32 bits per heavy atom. The lowest BCUT2D eigenvalue weighted by molar-refractivity contribution is 0.0112. The topological polar surface area (TPSA) is 69.2 Å². The first-order valence-corrected chi connectivity index (χ1v) is 8.91. The molecule has 0 radical (unpaired) electrons. The van der Waals surface area contributed by atoms with Gasteiger partial charge in [-0.3, -0.25) is 9.89 Å². The van der Waals surface area contributed by atoms with Gasteiger partial charge in [0.1, 0.15) is 11.5 Å². The molecule has 1 amide bonds. The second kappa shape index (κ2) is 6.59. The SMILES string of the molecule is O=C(c1cc(C2CC2)[nH]n1)N1CCC[C@H](O)[C@@H]1Cc1ccccc1F. The highest BCUT2D eigenvalue weighted by Crippen LogP contribution is 2.39. The third-order valence-electron chi connectivity index (χ3n) is 5.23. The zero-order valence-corrected chi connectivity index (χ0v) is 14.0. The van der Waals surface area contributed by atoms with E-state index in [0.717, 1.165) is 25.0 Å². The summed E-state index contributed by atoms with van der Waals surface area (Å²) in [5.41, 5.74) is 1.91. The summed E-state index contributed by atoms with van der Waals surface area (Å²) < 4.78 is 14.0. The first kappa shape index (κ1) is 16.3. The average molecular weight is 343 g/mol. The molecular weight excluding hydrogens is 321 g/mol. The van der Waals surface area contributed by atoms with E-state index in [9.17, 15) is 14.3 Å². The van der Waals surface area contributed by atoms with Crippen LogP contribution < -0.4 is 0 Å². The van der Waals surface area contributed by atoms with Gasteiger partial charge in [-0.25, -0.2) is 4.39 Å². The van der Waals surface area contributed by atoms with Crippen LogP contribution in [-0.4, -0.2) is 44.8 Å². The number of nitrogens with one attached hydrogen (secondary N) is 1. The van der Waals surface area contributed by atoms with Crippen molar-refractivity contribution in [2.75, 3.05) is 6.54 Å². The third kappa shape index (κ3) is 3.31. The third-order valence-corrected chi connectivity index (χ3v) is 5.23. The monoisotopic (exact) mass is 343 g/mol. The Balaban J connectivity index is 1.56. The van der Waals surface area contributed by atoms with E-state index in [4.69, 9.17) is 0 Å². The predicted molar refractivity (Wildman–Crippen MR) is 90.7 cm³/mol. The normalized spacial score (nSPS) is 23.7. The summed E-state index contributed by atoms with van der Waals surface area (Å²) in [5, 5.41) is 17.6. The maximum Gasteiger partial charge on any atom is 0.274 e. The molecule has 6 heteroatoms. The van der Waals surface area contributed by atoms with E-state index in [1.807, 2.05) is 6.07 Å². The number of rotatable bonds is 4. The largest absolute Gasteiger partial charge is 0.391 e. The van der Waals surface area contributed by atoms with E-state index in [1.54, 1.807) is 23.1 Å². The molecule has 0 unspecified atom stereocenters. The average Bonchev–Trinajstić information content (AvgIpc) is 3.35. The van der Waals surface area contributed by atoms with Gasteiger partial charge in [-0.15, -0.1) is 0 Å². The van der Waals surface area contributed by atoms with Crippen LogP contribution in [-0.2, 0) is 6.42 Å². The Hall–Kier alpha value is -2.21. The molecule has 2 N–H and O–H groups in total. The second-order valence-electron chi connectivity index (χ2n) is 7.05. The van der Waals surface area contributed by atoms with E-state index < -0.39 is 12.1 Å². The Morgan fingerprint density at radius 3 is 2.88 bits per heavy atom. The number of carbonyl (C=O) groups is 1. The molecule has 25 heavy (non-hydrogen) atoms. The molecule has 1 saturated carbocycles. The summed E-state index contributed by atoms with van der Waals surface area (Å²) in [4.78, 5) is 14.6. The molecule has 1 aliphatic heterocycles. The molecule has 1 aromatic carbocycles. The Kier molecular flexibility index (Phi) is 4.29. The second-order valence-corrected chi connectivity index (χ2v) is 7.05. The summed E-state index contributed by atoms with van der Waals surface area (Å²) >= 11 is 0. The fourth-order valence-corrected chi connectivity index (χ4v) is 3.62. The van der Waals surface area contributed by atoms with Gasteiger partial charge in [0.05, 0.1) is 12.1 Å². The standard InChI is InChI=1S/C19H22FN3O2/c20-14-5-2-1-4-13(14)10-17-18(24)6-3-9-23(17)19(25)16-11-15(21-22-16)12-7-8-12/h1-2,4-5,11-12,17-18,24H,3,6-10H2,(H,21,22)/t17-,18-/m0/s1. The molecule has 1 aliphatic carbocycles. The molecule has 2 atom stereocenters. The lowest BCUT2D eigenvalue weighted by atomic mass is 9.92. The van der Waals surface area contributed by atoms with Gasteiger partial charge in [0.25, 0.3) is 5.91 Å². The molecule has 0 bridgehead atoms. The highest BCUT2D eigenvalue weighted by Gasteiger charge is 2.35. The number of amides is 1. The smallest absolute Gasteiger partial charge is 0.274 e. The zero-order chi connectivity index (χ0) is 17.4. The first-order valence-electron chi connectivity index (χ1n) is 8.91. The minimum absolute atomic E-state index is 0.191. The van der Waals surface area contributed by atoms with Crippen LogP contribution >= 0.6 is 0 Å². The lowest BCUT2D eigenvalue weighted by Gasteiger charge is -2.39. The van der Waals surface area contributed by atoms with Crippen molar-refractivity contribution < 1.29 is 14.3 Å². The first-order chi connectivity index (χ1) is 12.1.